The van der Waals surface area contributed by atoms with Crippen molar-refractivity contribution < 1.29 is 4.43 Å². The van der Waals surface area contributed by atoms with Gasteiger partial charge in [-0.2, -0.15) is 0 Å². The lowest BCUT2D eigenvalue weighted by Gasteiger charge is -2.61. The molecule has 0 amide bonds. The van der Waals surface area contributed by atoms with Crippen LogP contribution >= 0.6 is 0 Å². The summed E-state index contributed by atoms with van der Waals surface area (Å²) in [6, 6.07) is 1.36. The van der Waals surface area contributed by atoms with E-state index in [1.165, 1.54) is 32.0 Å². The van der Waals surface area contributed by atoms with Gasteiger partial charge in [-0.15, -0.1) is 0 Å². The zero-order chi connectivity index (χ0) is 13.8. The van der Waals surface area contributed by atoms with Crippen molar-refractivity contribution in [2.45, 2.75) is 71.1 Å². The smallest absolute Gasteiger partial charge is 0.173 e. The minimum absolute atomic E-state index is 0.127. The van der Waals surface area contributed by atoms with Crippen LogP contribution in [0.2, 0.25) is 38.8 Å². The molecule has 0 aromatic rings. The van der Waals surface area contributed by atoms with Crippen LogP contribution in [0.25, 0.3) is 0 Å². The molecule has 1 atom stereocenters. The fourth-order valence-electron chi connectivity index (χ4n) is 4.27. The van der Waals surface area contributed by atoms with E-state index in [0.29, 0.717) is 0 Å². The molecule has 2 heterocycles. The van der Waals surface area contributed by atoms with Crippen molar-refractivity contribution in [3.8, 4) is 0 Å². The molecule has 2 aliphatic rings. The molecule has 2 aliphatic heterocycles. The lowest BCUT2D eigenvalue weighted by Crippen LogP contribution is -2.83. The van der Waals surface area contributed by atoms with Gasteiger partial charge in [0.1, 0.15) is 7.75 Å². The Balaban J connectivity index is 2.42. The second-order valence-corrected chi connectivity index (χ2v) is 34.0. The van der Waals surface area contributed by atoms with Gasteiger partial charge in [0.05, 0.1) is 7.11 Å². The van der Waals surface area contributed by atoms with Gasteiger partial charge in [0.25, 0.3) is 0 Å². The van der Waals surface area contributed by atoms with Gasteiger partial charge in [-0.05, 0) is 58.9 Å². The molecule has 2 fully saturated rings. The van der Waals surface area contributed by atoms with Crippen LogP contribution in [-0.4, -0.2) is 46.0 Å². The average molecular weight is 302 g/mol. The van der Waals surface area contributed by atoms with E-state index in [4.69, 9.17) is 4.43 Å². The maximum Gasteiger partial charge on any atom is 0.173 e. The van der Waals surface area contributed by atoms with Crippen molar-refractivity contribution in [1.29, 1.82) is 0 Å². The summed E-state index contributed by atoms with van der Waals surface area (Å²) in [6.45, 7) is 20.4. The highest BCUT2D eigenvalue weighted by molar-refractivity contribution is 7.67. The van der Waals surface area contributed by atoms with Crippen LogP contribution in [0.5, 0.6) is 0 Å². The second kappa shape index (κ2) is 4.28. The fourth-order valence-corrected chi connectivity index (χ4v) is 37.4. The van der Waals surface area contributed by atoms with Gasteiger partial charge >= 0.3 is 0 Å². The SMILES string of the molecule is CC1(C)C[Si](C)(N2CCCC2)[Si](C)(C)[Si](C)(C)O1. The van der Waals surface area contributed by atoms with Crippen molar-refractivity contribution in [1.82, 2.24) is 4.57 Å². The second-order valence-electron chi connectivity index (χ2n) is 8.14. The van der Waals surface area contributed by atoms with E-state index >= 15 is 0 Å². The summed E-state index contributed by atoms with van der Waals surface area (Å²) in [5, 5.41) is 0. The molecule has 0 aliphatic carbocycles. The molecule has 18 heavy (non-hydrogen) atoms. The summed E-state index contributed by atoms with van der Waals surface area (Å²) in [4.78, 5) is 0. The lowest BCUT2D eigenvalue weighted by atomic mass is 10.2. The minimum Gasteiger partial charge on any atom is -0.416 e. The largest absolute Gasteiger partial charge is 0.416 e. The molecule has 0 aromatic carbocycles. The predicted octanol–water partition coefficient (Wildman–Crippen LogP) is 3.54. The molecule has 106 valence electrons. The topological polar surface area (TPSA) is 12.5 Å². The molecule has 1 unspecified atom stereocenters. The van der Waals surface area contributed by atoms with Crippen LogP contribution < -0.4 is 0 Å². The summed E-state index contributed by atoms with van der Waals surface area (Å²) in [5.74, 6) is 0. The molecular weight excluding hydrogens is 270 g/mol. The number of hydrogen-bond donors (Lipinski definition) is 0. The van der Waals surface area contributed by atoms with Gasteiger partial charge < -0.3 is 8.99 Å². The standard InChI is InChI=1S/C13H31NOSi3/c1-13(2)12-18(7,14-10-8-9-11-14)17(5,6)16(3,4)15-13/h8-12H2,1-7H3. The first-order valence-corrected chi connectivity index (χ1v) is 18.0. The van der Waals surface area contributed by atoms with Crippen LogP contribution in [-0.2, 0) is 4.43 Å². The molecule has 2 saturated heterocycles. The van der Waals surface area contributed by atoms with Gasteiger partial charge in [-0.25, -0.2) is 0 Å². The van der Waals surface area contributed by atoms with E-state index in [2.05, 4.69) is 51.1 Å². The van der Waals surface area contributed by atoms with E-state index in [1.807, 2.05) is 0 Å². The van der Waals surface area contributed by atoms with Gasteiger partial charge in [-0.3, -0.25) is 0 Å². The van der Waals surface area contributed by atoms with Crippen LogP contribution in [0, 0.1) is 0 Å². The molecule has 2 nitrogen and oxygen atoms in total. The van der Waals surface area contributed by atoms with Crippen molar-refractivity contribution in [3.63, 3.8) is 0 Å². The van der Waals surface area contributed by atoms with Crippen molar-refractivity contribution in [2.75, 3.05) is 13.1 Å². The quantitative estimate of drug-likeness (QED) is 0.687. The molecular formula is C13H31NOSi3. The van der Waals surface area contributed by atoms with E-state index in [-0.39, 0.29) is 5.60 Å². The first-order chi connectivity index (χ1) is 8.02. The summed E-state index contributed by atoms with van der Waals surface area (Å²) < 4.78 is 9.60. The summed E-state index contributed by atoms with van der Waals surface area (Å²) >= 11 is 0. The highest BCUT2D eigenvalue weighted by Crippen LogP contribution is 2.45. The average Bonchev–Trinajstić information content (AvgIpc) is 2.65. The summed E-state index contributed by atoms with van der Waals surface area (Å²) in [6.07, 6.45) is 2.85. The third-order valence-electron chi connectivity index (χ3n) is 5.96. The zero-order valence-corrected chi connectivity index (χ0v) is 16.4. The van der Waals surface area contributed by atoms with E-state index in [9.17, 15) is 0 Å². The highest BCUT2D eigenvalue weighted by Gasteiger charge is 2.65. The van der Waals surface area contributed by atoms with Crippen LogP contribution in [0.1, 0.15) is 26.7 Å². The van der Waals surface area contributed by atoms with E-state index in [1.54, 1.807) is 0 Å². The highest BCUT2D eigenvalue weighted by atomic mass is 29.6. The number of rotatable bonds is 1. The van der Waals surface area contributed by atoms with Crippen LogP contribution in [0.3, 0.4) is 0 Å². The summed E-state index contributed by atoms with van der Waals surface area (Å²) in [5.41, 5.74) is 0.127. The Labute approximate surface area is 116 Å². The Morgan fingerprint density at radius 2 is 1.44 bits per heavy atom. The number of hydrogen-bond acceptors (Lipinski definition) is 2. The minimum atomic E-state index is -1.50. The van der Waals surface area contributed by atoms with Gasteiger partial charge in [-0.1, -0.05) is 19.6 Å². The maximum atomic E-state index is 6.64. The maximum absolute atomic E-state index is 6.64. The fraction of sp³-hybridized carbons (Fsp3) is 1.00. The van der Waals surface area contributed by atoms with Gasteiger partial charge in [0, 0.05) is 5.60 Å². The van der Waals surface area contributed by atoms with Crippen molar-refractivity contribution in [3.05, 3.63) is 0 Å². The Kier molecular flexibility index (Phi) is 3.56. The molecule has 0 saturated carbocycles. The first kappa shape index (κ1) is 15.0. The van der Waals surface area contributed by atoms with E-state index in [0.717, 1.165) is 0 Å². The Hall–Kier alpha value is 0.571. The lowest BCUT2D eigenvalue weighted by molar-refractivity contribution is 0.119. The summed E-state index contributed by atoms with van der Waals surface area (Å²) in [7, 11) is -4.03. The van der Waals surface area contributed by atoms with Crippen LogP contribution in [0.15, 0.2) is 0 Å². The molecule has 0 radical (unpaired) electrons. The van der Waals surface area contributed by atoms with Gasteiger partial charge in [0.15, 0.2) is 7.83 Å². The third-order valence-corrected chi connectivity index (χ3v) is 45.3. The Morgan fingerprint density at radius 1 is 0.944 bits per heavy atom. The Bertz CT molecular complexity index is 337. The van der Waals surface area contributed by atoms with Crippen molar-refractivity contribution >= 4 is 22.7 Å². The molecule has 2 rings (SSSR count). The van der Waals surface area contributed by atoms with Crippen LogP contribution in [0.4, 0.5) is 0 Å². The monoisotopic (exact) mass is 301 g/mol. The molecule has 5 heteroatoms. The normalized spacial score (nSPS) is 38.8. The predicted molar refractivity (Wildman–Crippen MR) is 87.4 cm³/mol. The van der Waals surface area contributed by atoms with E-state index < -0.39 is 22.7 Å². The molecule has 0 spiro atoms. The first-order valence-electron chi connectivity index (χ1n) is 7.47. The van der Waals surface area contributed by atoms with Gasteiger partial charge in [0.2, 0.25) is 0 Å². The Morgan fingerprint density at radius 3 is 1.94 bits per heavy atom. The molecule has 0 aromatic heterocycles. The third kappa shape index (κ3) is 2.12. The number of nitrogens with zero attached hydrogens (tertiary/aromatic N) is 1. The zero-order valence-electron chi connectivity index (χ0n) is 13.4. The molecule has 0 N–H and O–H groups in total. The van der Waals surface area contributed by atoms with Crippen molar-refractivity contribution in [2.24, 2.45) is 0 Å². The molecule has 0 bridgehead atoms.